The number of Topliss-reactive ketones (excluding diaryl/α,β-unsaturated/α-hetero) is 1. The molecular formula is C21H23N2O3+. The summed E-state index contributed by atoms with van der Waals surface area (Å²) in [6.45, 7) is 0.998. The molecule has 5 nitrogen and oxygen atoms in total. The van der Waals surface area contributed by atoms with Gasteiger partial charge in [0.2, 0.25) is 5.78 Å². The zero-order chi connectivity index (χ0) is 18.6. The molecule has 2 atom stereocenters. The van der Waals surface area contributed by atoms with Crippen LogP contribution in [0.5, 0.6) is 0 Å². The number of quaternary nitrogens is 1. The van der Waals surface area contributed by atoms with Crippen LogP contribution < -0.4 is 5.32 Å². The Labute approximate surface area is 153 Å². The van der Waals surface area contributed by atoms with E-state index in [0.717, 1.165) is 13.0 Å². The average molecular weight is 351 g/mol. The highest BCUT2D eigenvalue weighted by atomic mass is 16.2. The molecule has 1 heterocycles. The number of carbonyl (C=O) groups is 3. The smallest absolute Gasteiger partial charge is 0.285 e. The van der Waals surface area contributed by atoms with Gasteiger partial charge in [-0.15, -0.1) is 0 Å². The van der Waals surface area contributed by atoms with E-state index in [1.165, 1.54) is 0 Å². The quantitative estimate of drug-likeness (QED) is 0.511. The van der Waals surface area contributed by atoms with Crippen LogP contribution in [0.2, 0.25) is 0 Å². The fourth-order valence-electron chi connectivity index (χ4n) is 3.62. The molecule has 26 heavy (non-hydrogen) atoms. The van der Waals surface area contributed by atoms with Gasteiger partial charge in [0.25, 0.3) is 11.8 Å². The van der Waals surface area contributed by atoms with Crippen molar-refractivity contribution in [3.8, 4) is 0 Å². The van der Waals surface area contributed by atoms with Gasteiger partial charge in [0.05, 0.1) is 13.6 Å². The Morgan fingerprint density at radius 3 is 2.15 bits per heavy atom. The molecule has 0 radical (unpaired) electrons. The van der Waals surface area contributed by atoms with Crippen LogP contribution in [-0.2, 0) is 4.79 Å². The van der Waals surface area contributed by atoms with Gasteiger partial charge in [0.1, 0.15) is 6.54 Å². The highest BCUT2D eigenvalue weighted by Crippen LogP contribution is 2.26. The van der Waals surface area contributed by atoms with Crippen LogP contribution in [-0.4, -0.2) is 48.3 Å². The molecule has 1 saturated heterocycles. The van der Waals surface area contributed by atoms with Gasteiger partial charge in [-0.1, -0.05) is 48.5 Å². The Morgan fingerprint density at radius 2 is 1.54 bits per heavy atom. The Morgan fingerprint density at radius 1 is 0.962 bits per heavy atom. The lowest BCUT2D eigenvalue weighted by molar-refractivity contribution is -0.904. The van der Waals surface area contributed by atoms with Crippen molar-refractivity contribution in [3.05, 3.63) is 71.8 Å². The van der Waals surface area contributed by atoms with Crippen molar-refractivity contribution in [1.82, 2.24) is 5.32 Å². The molecule has 3 rings (SSSR count). The minimum atomic E-state index is -0.400. The van der Waals surface area contributed by atoms with Crippen molar-refractivity contribution in [2.45, 2.75) is 18.9 Å². The molecule has 2 amide bonds. The van der Waals surface area contributed by atoms with E-state index in [-0.39, 0.29) is 18.2 Å². The average Bonchev–Trinajstić information content (AvgIpc) is 3.04. The van der Waals surface area contributed by atoms with E-state index >= 15 is 0 Å². The summed E-state index contributed by atoms with van der Waals surface area (Å²) >= 11 is 0. The maximum atomic E-state index is 12.7. The van der Waals surface area contributed by atoms with Crippen LogP contribution in [0.4, 0.5) is 0 Å². The fourth-order valence-corrected chi connectivity index (χ4v) is 3.62. The number of hydrogen-bond acceptors (Lipinski definition) is 3. The van der Waals surface area contributed by atoms with Gasteiger partial charge in [-0.25, -0.2) is 0 Å². The predicted molar refractivity (Wildman–Crippen MR) is 98.6 cm³/mol. The van der Waals surface area contributed by atoms with Gasteiger partial charge in [-0.2, -0.15) is 0 Å². The molecule has 0 aliphatic carbocycles. The second-order valence-corrected chi connectivity index (χ2v) is 6.99. The first kappa shape index (κ1) is 18.0. The fraction of sp³-hybridized carbons (Fsp3) is 0.286. The number of carbonyl (C=O) groups excluding carboxylic acids is 3. The van der Waals surface area contributed by atoms with Gasteiger partial charge in [-0.3, -0.25) is 19.7 Å². The number of rotatable bonds is 5. The van der Waals surface area contributed by atoms with Crippen molar-refractivity contribution in [2.75, 3.05) is 20.1 Å². The number of nitrogens with one attached hydrogen (secondary N) is 1. The number of nitrogens with zero attached hydrogens (tertiary/aromatic N) is 1. The summed E-state index contributed by atoms with van der Waals surface area (Å²) in [7, 11) is 1.92. The van der Waals surface area contributed by atoms with E-state index in [1.807, 2.05) is 31.3 Å². The standard InChI is InChI=1S/C21H22N2O3/c1-23(15-19(24)16-9-4-2-5-10-16)14-8-13-18(23)21(26)22-20(25)17-11-6-3-7-12-17/h2-7,9-12,18H,8,13-15H2,1H3/p+1/t18-,23?/m0/s1. The number of likely N-dealkylation sites (tertiary alicyclic amines) is 1. The maximum Gasteiger partial charge on any atom is 0.285 e. The second kappa shape index (κ2) is 7.62. The second-order valence-electron chi connectivity index (χ2n) is 6.99. The number of ketones is 1. The molecule has 0 aromatic heterocycles. The molecule has 0 saturated carbocycles. The number of hydrogen-bond donors (Lipinski definition) is 1. The number of amides is 2. The van der Waals surface area contributed by atoms with E-state index in [4.69, 9.17) is 0 Å². The van der Waals surface area contributed by atoms with Crippen molar-refractivity contribution in [3.63, 3.8) is 0 Å². The van der Waals surface area contributed by atoms with Crippen LogP contribution in [0.1, 0.15) is 33.6 Å². The molecule has 1 aliphatic rings. The van der Waals surface area contributed by atoms with Gasteiger partial charge in [0.15, 0.2) is 6.04 Å². The lowest BCUT2D eigenvalue weighted by atomic mass is 10.1. The number of likely N-dealkylation sites (N-methyl/N-ethyl adjacent to an activating group) is 1. The molecule has 1 N–H and O–H groups in total. The summed E-state index contributed by atoms with van der Waals surface area (Å²) in [4.78, 5) is 37.6. The lowest BCUT2D eigenvalue weighted by Crippen LogP contribution is -2.57. The van der Waals surface area contributed by atoms with E-state index < -0.39 is 11.9 Å². The molecule has 1 fully saturated rings. The first-order chi connectivity index (χ1) is 12.5. The molecule has 1 unspecified atom stereocenters. The van der Waals surface area contributed by atoms with Gasteiger partial charge in [-0.05, 0) is 12.1 Å². The maximum absolute atomic E-state index is 12.7. The number of benzene rings is 2. The minimum absolute atomic E-state index is 0.0159. The van der Waals surface area contributed by atoms with Crippen LogP contribution in [0, 0.1) is 0 Å². The number of imide groups is 1. The van der Waals surface area contributed by atoms with E-state index in [0.29, 0.717) is 22.0 Å². The summed E-state index contributed by atoms with van der Waals surface area (Å²) in [5.74, 6) is -0.690. The SMILES string of the molecule is C[N+]1(CC(=O)c2ccccc2)CCC[C@H]1C(=O)NC(=O)c1ccccc1. The minimum Gasteiger partial charge on any atom is -0.309 e. The first-order valence-corrected chi connectivity index (χ1v) is 8.82. The summed E-state index contributed by atoms with van der Waals surface area (Å²) in [5.41, 5.74) is 1.10. The highest BCUT2D eigenvalue weighted by Gasteiger charge is 2.44. The Bertz CT molecular complexity index is 805. The zero-order valence-corrected chi connectivity index (χ0v) is 14.9. The summed E-state index contributed by atoms with van der Waals surface area (Å²) in [5, 5.41) is 2.50. The van der Waals surface area contributed by atoms with Gasteiger partial charge >= 0.3 is 0 Å². The van der Waals surface area contributed by atoms with Crippen LogP contribution in [0.15, 0.2) is 60.7 Å². The molecule has 134 valence electrons. The van der Waals surface area contributed by atoms with Crippen molar-refractivity contribution in [2.24, 2.45) is 0 Å². The van der Waals surface area contributed by atoms with E-state index in [9.17, 15) is 14.4 Å². The monoisotopic (exact) mass is 351 g/mol. The van der Waals surface area contributed by atoms with Crippen LogP contribution in [0.25, 0.3) is 0 Å². The van der Waals surface area contributed by atoms with Crippen LogP contribution >= 0.6 is 0 Å². The lowest BCUT2D eigenvalue weighted by Gasteiger charge is -2.34. The third-order valence-electron chi connectivity index (χ3n) is 5.07. The normalized spacial score (nSPS) is 22.0. The van der Waals surface area contributed by atoms with Crippen molar-refractivity contribution < 1.29 is 18.9 Å². The van der Waals surface area contributed by atoms with Crippen molar-refractivity contribution >= 4 is 17.6 Å². The van der Waals surface area contributed by atoms with Crippen LogP contribution in [0.3, 0.4) is 0 Å². The molecule has 2 aromatic rings. The van der Waals surface area contributed by atoms with Crippen molar-refractivity contribution in [1.29, 1.82) is 0 Å². The predicted octanol–water partition coefficient (Wildman–Crippen LogP) is 2.43. The van der Waals surface area contributed by atoms with Gasteiger partial charge in [0, 0.05) is 24.0 Å². The first-order valence-electron chi connectivity index (χ1n) is 8.82. The zero-order valence-electron chi connectivity index (χ0n) is 14.9. The Kier molecular flexibility index (Phi) is 5.28. The Hall–Kier alpha value is -2.79. The molecule has 2 aromatic carbocycles. The highest BCUT2D eigenvalue weighted by molar-refractivity contribution is 6.06. The summed E-state index contributed by atoms with van der Waals surface area (Å²) in [6, 6.07) is 17.4. The summed E-state index contributed by atoms with van der Waals surface area (Å²) in [6.07, 6.45) is 1.53. The third-order valence-corrected chi connectivity index (χ3v) is 5.07. The molecule has 5 heteroatoms. The topological polar surface area (TPSA) is 63.2 Å². The third kappa shape index (κ3) is 3.89. The largest absolute Gasteiger partial charge is 0.309 e. The van der Waals surface area contributed by atoms with E-state index in [2.05, 4.69) is 5.32 Å². The molecule has 0 bridgehead atoms. The summed E-state index contributed by atoms with van der Waals surface area (Å²) < 4.78 is 0.335. The molecule has 1 aliphatic heterocycles. The molecular weight excluding hydrogens is 328 g/mol. The molecule has 0 spiro atoms. The van der Waals surface area contributed by atoms with Gasteiger partial charge < -0.3 is 4.48 Å². The van der Waals surface area contributed by atoms with E-state index in [1.54, 1.807) is 36.4 Å². The Balaban J connectivity index is 1.69.